The van der Waals surface area contributed by atoms with Crippen LogP contribution in [0.25, 0.3) is 0 Å². The molecule has 1 fully saturated rings. The fourth-order valence-corrected chi connectivity index (χ4v) is 2.83. The summed E-state index contributed by atoms with van der Waals surface area (Å²) in [5, 5.41) is 6.50. The molecule has 2 aromatic carbocycles. The highest BCUT2D eigenvalue weighted by Gasteiger charge is 2.16. The molecule has 2 aromatic rings. The van der Waals surface area contributed by atoms with Gasteiger partial charge in [0.2, 0.25) is 5.91 Å². The average Bonchev–Trinajstić information content (AvgIpc) is 3.12. The number of para-hydroxylation sites is 2. The first kappa shape index (κ1) is 17.6. The predicted octanol–water partition coefficient (Wildman–Crippen LogP) is 3.95. The maximum Gasteiger partial charge on any atom is 0.243 e. The Morgan fingerprint density at radius 3 is 2.92 bits per heavy atom. The third-order valence-electron chi connectivity index (χ3n) is 3.88. The smallest absolute Gasteiger partial charge is 0.243 e. The van der Waals surface area contributed by atoms with Crippen LogP contribution < -0.4 is 15.4 Å². The maximum atomic E-state index is 12.1. The Morgan fingerprint density at radius 1 is 1.24 bits per heavy atom. The minimum atomic E-state index is -0.156. The summed E-state index contributed by atoms with van der Waals surface area (Å²) in [6.07, 6.45) is 2.26. The van der Waals surface area contributed by atoms with Crippen molar-refractivity contribution < 1.29 is 14.3 Å². The van der Waals surface area contributed by atoms with Gasteiger partial charge in [-0.05, 0) is 43.2 Å². The third kappa shape index (κ3) is 5.37. The molecular weight excluding hydrogens is 340 g/mol. The Labute approximate surface area is 152 Å². The molecular formula is C19H21ClN2O3. The van der Waals surface area contributed by atoms with Crippen LogP contribution in [0.15, 0.2) is 48.5 Å². The number of halogens is 1. The number of amides is 1. The molecule has 132 valence electrons. The fourth-order valence-electron chi connectivity index (χ4n) is 2.64. The van der Waals surface area contributed by atoms with Crippen molar-refractivity contribution in [2.24, 2.45) is 0 Å². The standard InChI is InChI=1S/C19H21ClN2O3/c20-14-5-3-6-15(11-14)22-19(23)12-21-17-8-1-2-9-18(17)25-13-16-7-4-10-24-16/h1-3,5-6,8-9,11,16,21H,4,7,10,12-13H2,(H,22,23). The largest absolute Gasteiger partial charge is 0.489 e. The second kappa shape index (κ2) is 8.74. The van der Waals surface area contributed by atoms with Crippen LogP contribution in [-0.2, 0) is 9.53 Å². The van der Waals surface area contributed by atoms with Crippen LogP contribution in [0.1, 0.15) is 12.8 Å². The minimum Gasteiger partial charge on any atom is -0.489 e. The van der Waals surface area contributed by atoms with E-state index in [4.69, 9.17) is 21.1 Å². The van der Waals surface area contributed by atoms with Crippen molar-refractivity contribution in [2.45, 2.75) is 18.9 Å². The molecule has 6 heteroatoms. The zero-order chi connectivity index (χ0) is 17.5. The van der Waals surface area contributed by atoms with Gasteiger partial charge in [0.15, 0.2) is 0 Å². The van der Waals surface area contributed by atoms with E-state index in [0.717, 1.165) is 25.1 Å². The van der Waals surface area contributed by atoms with Gasteiger partial charge in [0.25, 0.3) is 0 Å². The van der Waals surface area contributed by atoms with Crippen LogP contribution in [0.4, 0.5) is 11.4 Å². The molecule has 1 saturated heterocycles. The van der Waals surface area contributed by atoms with Crippen LogP contribution >= 0.6 is 11.6 Å². The Hall–Kier alpha value is -2.24. The van der Waals surface area contributed by atoms with Crippen LogP contribution in [0.2, 0.25) is 5.02 Å². The van der Waals surface area contributed by atoms with Gasteiger partial charge in [0.1, 0.15) is 12.4 Å². The predicted molar refractivity (Wildman–Crippen MR) is 99.5 cm³/mol. The lowest BCUT2D eigenvalue weighted by Gasteiger charge is -2.15. The lowest BCUT2D eigenvalue weighted by atomic mass is 10.2. The van der Waals surface area contributed by atoms with Crippen molar-refractivity contribution >= 4 is 28.9 Å². The molecule has 2 N–H and O–H groups in total. The summed E-state index contributed by atoms with van der Waals surface area (Å²) in [6, 6.07) is 14.6. The number of carbonyl (C=O) groups is 1. The Morgan fingerprint density at radius 2 is 2.12 bits per heavy atom. The van der Waals surface area contributed by atoms with Gasteiger partial charge in [-0.2, -0.15) is 0 Å². The quantitative estimate of drug-likeness (QED) is 0.785. The number of benzene rings is 2. The summed E-state index contributed by atoms with van der Waals surface area (Å²) in [4.78, 5) is 12.1. The van der Waals surface area contributed by atoms with Crippen molar-refractivity contribution in [2.75, 3.05) is 30.4 Å². The molecule has 1 amide bonds. The van der Waals surface area contributed by atoms with Gasteiger partial charge in [-0.25, -0.2) is 0 Å². The van der Waals surface area contributed by atoms with E-state index in [9.17, 15) is 4.79 Å². The number of nitrogens with one attached hydrogen (secondary N) is 2. The average molecular weight is 361 g/mol. The van der Waals surface area contributed by atoms with Crippen LogP contribution in [0.3, 0.4) is 0 Å². The van der Waals surface area contributed by atoms with E-state index >= 15 is 0 Å². The van der Waals surface area contributed by atoms with Gasteiger partial charge in [0.05, 0.1) is 18.3 Å². The summed E-state index contributed by atoms with van der Waals surface area (Å²) >= 11 is 5.92. The van der Waals surface area contributed by atoms with E-state index in [1.807, 2.05) is 24.3 Å². The molecule has 5 nitrogen and oxygen atoms in total. The second-order valence-corrected chi connectivity index (χ2v) is 6.29. The third-order valence-corrected chi connectivity index (χ3v) is 4.12. The monoisotopic (exact) mass is 360 g/mol. The molecule has 0 aromatic heterocycles. The molecule has 1 aliphatic heterocycles. The first-order valence-corrected chi connectivity index (χ1v) is 8.71. The van der Waals surface area contributed by atoms with Crippen molar-refractivity contribution in [1.29, 1.82) is 0 Å². The molecule has 0 spiro atoms. The number of hydrogen-bond acceptors (Lipinski definition) is 4. The van der Waals surface area contributed by atoms with E-state index in [-0.39, 0.29) is 18.6 Å². The van der Waals surface area contributed by atoms with Crippen molar-refractivity contribution in [3.05, 3.63) is 53.6 Å². The summed E-state index contributed by atoms with van der Waals surface area (Å²) in [5.74, 6) is 0.560. The van der Waals surface area contributed by atoms with Crippen molar-refractivity contribution in [3.63, 3.8) is 0 Å². The van der Waals surface area contributed by atoms with Gasteiger partial charge in [-0.1, -0.05) is 29.8 Å². The fraction of sp³-hybridized carbons (Fsp3) is 0.316. The molecule has 1 heterocycles. The molecule has 25 heavy (non-hydrogen) atoms. The highest BCUT2D eigenvalue weighted by atomic mass is 35.5. The molecule has 1 aliphatic rings. The number of anilines is 2. The highest BCUT2D eigenvalue weighted by molar-refractivity contribution is 6.30. The van der Waals surface area contributed by atoms with E-state index in [0.29, 0.717) is 23.1 Å². The van der Waals surface area contributed by atoms with E-state index in [1.165, 1.54) is 0 Å². The van der Waals surface area contributed by atoms with E-state index < -0.39 is 0 Å². The Kier molecular flexibility index (Phi) is 6.14. The van der Waals surface area contributed by atoms with Gasteiger partial charge in [-0.15, -0.1) is 0 Å². The molecule has 0 radical (unpaired) electrons. The van der Waals surface area contributed by atoms with Crippen LogP contribution in [0.5, 0.6) is 5.75 Å². The number of rotatable bonds is 7. The van der Waals surface area contributed by atoms with Gasteiger partial charge < -0.3 is 20.1 Å². The molecule has 0 bridgehead atoms. The molecule has 0 saturated carbocycles. The van der Waals surface area contributed by atoms with Gasteiger partial charge >= 0.3 is 0 Å². The van der Waals surface area contributed by atoms with Crippen LogP contribution in [0, 0.1) is 0 Å². The SMILES string of the molecule is O=C(CNc1ccccc1OCC1CCCO1)Nc1cccc(Cl)c1. The number of carbonyl (C=O) groups excluding carboxylic acids is 1. The molecule has 3 rings (SSSR count). The van der Waals surface area contributed by atoms with Crippen molar-refractivity contribution in [3.8, 4) is 5.75 Å². The molecule has 1 atom stereocenters. The lowest BCUT2D eigenvalue weighted by Crippen LogP contribution is -2.22. The maximum absolute atomic E-state index is 12.1. The lowest BCUT2D eigenvalue weighted by molar-refractivity contribution is -0.114. The summed E-state index contributed by atoms with van der Waals surface area (Å²) in [5.41, 5.74) is 1.45. The second-order valence-electron chi connectivity index (χ2n) is 5.85. The van der Waals surface area contributed by atoms with E-state index in [2.05, 4.69) is 10.6 Å². The number of hydrogen-bond donors (Lipinski definition) is 2. The normalized spacial score (nSPS) is 16.4. The van der Waals surface area contributed by atoms with Gasteiger partial charge in [-0.3, -0.25) is 4.79 Å². The molecule has 0 aliphatic carbocycles. The topological polar surface area (TPSA) is 59.6 Å². The summed E-state index contributed by atoms with van der Waals surface area (Å²) < 4.78 is 11.4. The van der Waals surface area contributed by atoms with Gasteiger partial charge in [0, 0.05) is 17.3 Å². The zero-order valence-electron chi connectivity index (χ0n) is 13.8. The molecule has 1 unspecified atom stereocenters. The first-order valence-electron chi connectivity index (χ1n) is 8.33. The number of ether oxygens (including phenoxy) is 2. The van der Waals surface area contributed by atoms with E-state index in [1.54, 1.807) is 24.3 Å². The highest BCUT2D eigenvalue weighted by Crippen LogP contribution is 2.25. The summed E-state index contributed by atoms with van der Waals surface area (Å²) in [7, 11) is 0. The van der Waals surface area contributed by atoms with Crippen LogP contribution in [-0.4, -0.2) is 31.8 Å². The summed E-state index contributed by atoms with van der Waals surface area (Å²) in [6.45, 7) is 1.46. The minimum absolute atomic E-state index is 0.132. The first-order chi connectivity index (χ1) is 12.2. The Bertz CT molecular complexity index is 717. The zero-order valence-corrected chi connectivity index (χ0v) is 14.6. The van der Waals surface area contributed by atoms with Crippen molar-refractivity contribution in [1.82, 2.24) is 0 Å². The Balaban J connectivity index is 1.52.